The summed E-state index contributed by atoms with van der Waals surface area (Å²) >= 11 is 3.08. The Morgan fingerprint density at radius 1 is 1.56 bits per heavy atom. The highest BCUT2D eigenvalue weighted by molar-refractivity contribution is 9.10. The van der Waals surface area contributed by atoms with Gasteiger partial charge in [0.1, 0.15) is 0 Å². The van der Waals surface area contributed by atoms with Gasteiger partial charge in [0.15, 0.2) is 4.60 Å². The van der Waals surface area contributed by atoms with Crippen molar-refractivity contribution in [3.63, 3.8) is 0 Å². The number of sulfonamides is 1. The van der Waals surface area contributed by atoms with Gasteiger partial charge in [0, 0.05) is 26.2 Å². The van der Waals surface area contributed by atoms with E-state index >= 15 is 0 Å². The fourth-order valence-corrected chi connectivity index (χ4v) is 3.84. The van der Waals surface area contributed by atoms with Crippen LogP contribution in [0.3, 0.4) is 0 Å². The van der Waals surface area contributed by atoms with Crippen LogP contribution in [-0.2, 0) is 17.1 Å². The van der Waals surface area contributed by atoms with Crippen molar-refractivity contribution in [2.45, 2.75) is 23.9 Å². The summed E-state index contributed by atoms with van der Waals surface area (Å²) in [5.74, 6) is 0. The predicted molar refractivity (Wildman–Crippen MR) is 69.5 cm³/mol. The largest absolute Gasteiger partial charge is 0.302 e. The van der Waals surface area contributed by atoms with Gasteiger partial charge in [0.05, 0.1) is 0 Å². The lowest BCUT2D eigenvalue weighted by Gasteiger charge is -2.15. The molecule has 1 saturated carbocycles. The molecule has 1 aliphatic rings. The van der Waals surface area contributed by atoms with Gasteiger partial charge in [-0.3, -0.25) is 0 Å². The molecule has 2 rings (SSSR count). The summed E-state index contributed by atoms with van der Waals surface area (Å²) in [5, 5.41) is 7.37. The predicted octanol–water partition coefficient (Wildman–Crippen LogP) is -0.0499. The molecule has 102 valence electrons. The van der Waals surface area contributed by atoms with E-state index in [2.05, 4.69) is 35.9 Å². The molecule has 0 spiro atoms. The standard InChI is InChI=1S/C9H16BrN5O2S/c1-14(7-3-4-7)6-5-11-18(16,17)9-8(10)12-13-15(9)2/h7,11H,3-6H2,1-2H3. The molecule has 0 unspecified atom stereocenters. The minimum Gasteiger partial charge on any atom is -0.302 e. The average molecular weight is 338 g/mol. The van der Waals surface area contributed by atoms with Crippen LogP contribution in [0.25, 0.3) is 0 Å². The average Bonchev–Trinajstić information content (AvgIpc) is 3.05. The Labute approximate surface area is 115 Å². The van der Waals surface area contributed by atoms with Crippen LogP contribution >= 0.6 is 15.9 Å². The highest BCUT2D eigenvalue weighted by atomic mass is 79.9. The molecule has 1 aliphatic carbocycles. The highest BCUT2D eigenvalue weighted by Gasteiger charge is 2.27. The smallest absolute Gasteiger partial charge is 0.260 e. The van der Waals surface area contributed by atoms with Gasteiger partial charge in [-0.15, -0.1) is 5.10 Å². The Hall–Kier alpha value is -0.510. The lowest BCUT2D eigenvalue weighted by molar-refractivity contribution is 0.329. The van der Waals surface area contributed by atoms with Gasteiger partial charge >= 0.3 is 0 Å². The summed E-state index contributed by atoms with van der Waals surface area (Å²) in [5.41, 5.74) is 0. The zero-order valence-electron chi connectivity index (χ0n) is 10.3. The molecule has 0 aliphatic heterocycles. The van der Waals surface area contributed by atoms with Crippen molar-refractivity contribution in [1.82, 2.24) is 24.6 Å². The molecule has 0 radical (unpaired) electrons. The molecule has 1 aromatic heterocycles. The molecule has 1 aromatic rings. The van der Waals surface area contributed by atoms with Gasteiger partial charge in [0.25, 0.3) is 10.0 Å². The summed E-state index contributed by atoms with van der Waals surface area (Å²) < 4.78 is 28.1. The van der Waals surface area contributed by atoms with Crippen LogP contribution in [0.4, 0.5) is 0 Å². The second-order valence-corrected chi connectivity index (χ2v) is 6.85. The first kappa shape index (κ1) is 13.9. The Morgan fingerprint density at radius 2 is 2.22 bits per heavy atom. The van der Waals surface area contributed by atoms with E-state index in [0.29, 0.717) is 19.1 Å². The van der Waals surface area contributed by atoms with Gasteiger partial charge in [-0.2, -0.15) is 0 Å². The summed E-state index contributed by atoms with van der Waals surface area (Å²) in [6.07, 6.45) is 2.42. The fraction of sp³-hybridized carbons (Fsp3) is 0.778. The number of hydrogen-bond donors (Lipinski definition) is 1. The Bertz CT molecular complexity index is 506. The normalized spacial score (nSPS) is 16.4. The molecule has 1 fully saturated rings. The maximum atomic E-state index is 12.0. The topological polar surface area (TPSA) is 80.1 Å². The van der Waals surface area contributed by atoms with E-state index in [9.17, 15) is 8.42 Å². The molecule has 0 saturated heterocycles. The third-order valence-electron chi connectivity index (χ3n) is 2.92. The van der Waals surface area contributed by atoms with E-state index < -0.39 is 10.0 Å². The quantitative estimate of drug-likeness (QED) is 0.787. The number of nitrogens with one attached hydrogen (secondary N) is 1. The van der Waals surface area contributed by atoms with Gasteiger partial charge < -0.3 is 4.90 Å². The van der Waals surface area contributed by atoms with E-state index in [4.69, 9.17) is 0 Å². The van der Waals surface area contributed by atoms with Crippen molar-refractivity contribution in [3.05, 3.63) is 4.60 Å². The van der Waals surface area contributed by atoms with Crippen molar-refractivity contribution in [2.75, 3.05) is 20.1 Å². The van der Waals surface area contributed by atoms with Crippen molar-refractivity contribution >= 4 is 26.0 Å². The highest BCUT2D eigenvalue weighted by Crippen LogP contribution is 2.24. The zero-order chi connectivity index (χ0) is 13.3. The maximum absolute atomic E-state index is 12.0. The molecule has 7 nitrogen and oxygen atoms in total. The Kier molecular flexibility index (Phi) is 4.05. The van der Waals surface area contributed by atoms with Crippen LogP contribution in [-0.4, -0.2) is 54.5 Å². The second-order valence-electron chi connectivity index (χ2n) is 4.42. The van der Waals surface area contributed by atoms with Crippen molar-refractivity contribution in [2.24, 2.45) is 7.05 Å². The van der Waals surface area contributed by atoms with E-state index in [0.717, 1.165) is 0 Å². The van der Waals surface area contributed by atoms with Crippen LogP contribution < -0.4 is 4.72 Å². The van der Waals surface area contributed by atoms with E-state index in [-0.39, 0.29) is 9.63 Å². The van der Waals surface area contributed by atoms with Crippen LogP contribution in [0.15, 0.2) is 9.63 Å². The van der Waals surface area contributed by atoms with Crippen LogP contribution in [0.1, 0.15) is 12.8 Å². The molecule has 9 heteroatoms. The van der Waals surface area contributed by atoms with Crippen LogP contribution in [0, 0.1) is 0 Å². The first-order valence-electron chi connectivity index (χ1n) is 5.67. The Balaban J connectivity index is 1.95. The third-order valence-corrected chi connectivity index (χ3v) is 5.27. The summed E-state index contributed by atoms with van der Waals surface area (Å²) in [6, 6.07) is 0.625. The molecule has 0 atom stereocenters. The minimum atomic E-state index is -3.56. The van der Waals surface area contributed by atoms with Crippen molar-refractivity contribution in [1.29, 1.82) is 0 Å². The third kappa shape index (κ3) is 3.08. The van der Waals surface area contributed by atoms with Gasteiger partial charge in [-0.25, -0.2) is 17.8 Å². The van der Waals surface area contributed by atoms with E-state index in [1.54, 1.807) is 7.05 Å². The molecule has 0 bridgehead atoms. The van der Waals surface area contributed by atoms with Gasteiger partial charge in [-0.05, 0) is 35.8 Å². The molecule has 0 aromatic carbocycles. The SMILES string of the molecule is CN(CCNS(=O)(=O)c1c(Br)nnn1C)C1CC1. The summed E-state index contributed by atoms with van der Waals surface area (Å²) in [6.45, 7) is 1.08. The van der Waals surface area contributed by atoms with Crippen molar-refractivity contribution < 1.29 is 8.42 Å². The van der Waals surface area contributed by atoms with Gasteiger partial charge in [0.2, 0.25) is 5.03 Å². The van der Waals surface area contributed by atoms with Crippen LogP contribution in [0.2, 0.25) is 0 Å². The lowest BCUT2D eigenvalue weighted by atomic mass is 10.5. The number of halogens is 1. The number of rotatable bonds is 6. The first-order chi connectivity index (χ1) is 8.42. The van der Waals surface area contributed by atoms with Crippen LogP contribution in [0.5, 0.6) is 0 Å². The molecule has 18 heavy (non-hydrogen) atoms. The van der Waals surface area contributed by atoms with Gasteiger partial charge in [-0.1, -0.05) is 5.21 Å². The molecular weight excluding hydrogens is 322 g/mol. The number of likely N-dealkylation sites (N-methyl/N-ethyl adjacent to an activating group) is 1. The number of aryl methyl sites for hydroxylation is 1. The fourth-order valence-electron chi connectivity index (χ4n) is 1.73. The minimum absolute atomic E-state index is 0.0524. The number of nitrogens with zero attached hydrogens (tertiary/aromatic N) is 4. The monoisotopic (exact) mass is 337 g/mol. The number of hydrogen-bond acceptors (Lipinski definition) is 5. The second kappa shape index (κ2) is 5.24. The molecule has 0 amide bonds. The Morgan fingerprint density at radius 3 is 2.72 bits per heavy atom. The summed E-state index contributed by atoms with van der Waals surface area (Å²) in [7, 11) is -0.0131. The molecule has 1 N–H and O–H groups in total. The zero-order valence-corrected chi connectivity index (χ0v) is 12.7. The molecular formula is C9H16BrN5O2S. The first-order valence-corrected chi connectivity index (χ1v) is 7.94. The number of aromatic nitrogens is 3. The maximum Gasteiger partial charge on any atom is 0.260 e. The van der Waals surface area contributed by atoms with E-state index in [1.165, 1.54) is 17.5 Å². The molecule has 1 heterocycles. The van der Waals surface area contributed by atoms with Crippen molar-refractivity contribution in [3.8, 4) is 0 Å². The summed E-state index contributed by atoms with van der Waals surface area (Å²) in [4.78, 5) is 2.17. The van der Waals surface area contributed by atoms with E-state index in [1.807, 2.05) is 7.05 Å². The lowest BCUT2D eigenvalue weighted by Crippen LogP contribution is -2.34.